The molecule has 0 unspecified atom stereocenters. The third kappa shape index (κ3) is 1.96. The zero-order valence-corrected chi connectivity index (χ0v) is 8.59. The normalized spacial score (nSPS) is 31.3. The fourth-order valence-corrected chi connectivity index (χ4v) is 2.54. The maximum absolute atomic E-state index is 6.12. The zero-order chi connectivity index (χ0) is 9.15. The molecule has 1 spiro atoms. The van der Waals surface area contributed by atoms with E-state index in [-0.39, 0.29) is 5.60 Å². The van der Waals surface area contributed by atoms with E-state index in [1.54, 1.807) is 0 Å². The highest BCUT2D eigenvalue weighted by molar-refractivity contribution is 5.12. The largest absolute Gasteiger partial charge is 0.364 e. The van der Waals surface area contributed by atoms with Crippen LogP contribution in [0.2, 0.25) is 0 Å². The van der Waals surface area contributed by atoms with Gasteiger partial charge >= 0.3 is 0 Å². The first-order valence-electron chi connectivity index (χ1n) is 5.72. The van der Waals surface area contributed by atoms with Crippen LogP contribution in [0.1, 0.15) is 51.9 Å². The van der Waals surface area contributed by atoms with Gasteiger partial charge in [0, 0.05) is 0 Å². The van der Waals surface area contributed by atoms with Crippen LogP contribution in [-0.2, 0) is 4.74 Å². The van der Waals surface area contributed by atoms with Crippen molar-refractivity contribution in [2.45, 2.75) is 63.6 Å². The average molecular weight is 180 g/mol. The monoisotopic (exact) mass is 180 g/mol. The van der Waals surface area contributed by atoms with Gasteiger partial charge in [0.15, 0.2) is 0 Å². The Morgan fingerprint density at radius 2 is 2.08 bits per heavy atom. The second-order valence-electron chi connectivity index (χ2n) is 4.43. The third-order valence-electron chi connectivity index (χ3n) is 3.27. The fraction of sp³-hybridized carbons (Fsp3) is 0.833. The molecule has 0 aromatic carbocycles. The van der Waals surface area contributed by atoms with Gasteiger partial charge in [-0.3, -0.25) is 0 Å². The first-order chi connectivity index (χ1) is 6.35. The van der Waals surface area contributed by atoms with Crippen LogP contribution in [0, 0.1) is 0 Å². The van der Waals surface area contributed by atoms with Gasteiger partial charge in [-0.05, 0) is 19.3 Å². The van der Waals surface area contributed by atoms with Crippen molar-refractivity contribution in [2.24, 2.45) is 0 Å². The minimum Gasteiger partial charge on any atom is -0.364 e. The van der Waals surface area contributed by atoms with E-state index in [1.165, 1.54) is 44.9 Å². The standard InChI is InChI=1S/C12H20O/c1-2-6-11-7-10-12(13-11)8-4-3-5-9-12/h7,10-11H,2-6,8-9H2,1H3/t11-/m1/s1. The number of rotatable bonds is 2. The van der Waals surface area contributed by atoms with Gasteiger partial charge in [-0.25, -0.2) is 0 Å². The Labute approximate surface area is 81.2 Å². The number of hydrogen-bond acceptors (Lipinski definition) is 1. The van der Waals surface area contributed by atoms with E-state index in [2.05, 4.69) is 19.1 Å². The SMILES string of the molecule is CCC[C@@H]1C=CC2(CCCCC2)O1. The quantitative estimate of drug-likeness (QED) is 0.591. The van der Waals surface area contributed by atoms with Crippen LogP contribution >= 0.6 is 0 Å². The molecule has 2 aliphatic rings. The van der Waals surface area contributed by atoms with Crippen LogP contribution in [0.4, 0.5) is 0 Å². The molecule has 1 nitrogen and oxygen atoms in total. The maximum atomic E-state index is 6.12. The van der Waals surface area contributed by atoms with Crippen molar-refractivity contribution in [3.05, 3.63) is 12.2 Å². The van der Waals surface area contributed by atoms with E-state index in [0.717, 1.165) is 0 Å². The van der Waals surface area contributed by atoms with E-state index in [9.17, 15) is 0 Å². The summed E-state index contributed by atoms with van der Waals surface area (Å²) in [7, 11) is 0. The molecule has 0 amide bonds. The van der Waals surface area contributed by atoms with Crippen molar-refractivity contribution in [2.75, 3.05) is 0 Å². The molecule has 1 atom stereocenters. The molecule has 0 saturated heterocycles. The molecule has 2 rings (SSSR count). The number of hydrogen-bond donors (Lipinski definition) is 0. The Bertz CT molecular complexity index is 189. The van der Waals surface area contributed by atoms with Gasteiger partial charge < -0.3 is 4.74 Å². The van der Waals surface area contributed by atoms with Crippen molar-refractivity contribution in [1.82, 2.24) is 0 Å². The molecule has 0 N–H and O–H groups in total. The molecule has 1 aliphatic heterocycles. The van der Waals surface area contributed by atoms with Crippen LogP contribution < -0.4 is 0 Å². The molecule has 1 fully saturated rings. The van der Waals surface area contributed by atoms with Crippen molar-refractivity contribution >= 4 is 0 Å². The highest BCUT2D eigenvalue weighted by Gasteiger charge is 2.35. The summed E-state index contributed by atoms with van der Waals surface area (Å²) in [6, 6.07) is 0. The van der Waals surface area contributed by atoms with Crippen molar-refractivity contribution < 1.29 is 4.74 Å². The van der Waals surface area contributed by atoms with Gasteiger partial charge in [-0.1, -0.05) is 44.8 Å². The van der Waals surface area contributed by atoms with Crippen molar-refractivity contribution in [3.63, 3.8) is 0 Å². The average Bonchev–Trinajstić information content (AvgIpc) is 2.51. The molecular weight excluding hydrogens is 160 g/mol. The Balaban J connectivity index is 1.92. The van der Waals surface area contributed by atoms with Gasteiger partial charge in [0.2, 0.25) is 0 Å². The summed E-state index contributed by atoms with van der Waals surface area (Å²) in [6.45, 7) is 2.23. The minimum atomic E-state index is 0.165. The van der Waals surface area contributed by atoms with Gasteiger partial charge in [-0.15, -0.1) is 0 Å². The Morgan fingerprint density at radius 1 is 1.31 bits per heavy atom. The summed E-state index contributed by atoms with van der Waals surface area (Å²) in [5.41, 5.74) is 0.165. The Kier molecular flexibility index (Phi) is 2.73. The molecule has 74 valence electrons. The summed E-state index contributed by atoms with van der Waals surface area (Å²) in [4.78, 5) is 0. The van der Waals surface area contributed by atoms with Crippen LogP contribution in [0.25, 0.3) is 0 Å². The molecule has 1 heterocycles. The van der Waals surface area contributed by atoms with E-state index < -0.39 is 0 Å². The van der Waals surface area contributed by atoms with E-state index >= 15 is 0 Å². The first-order valence-corrected chi connectivity index (χ1v) is 5.72. The van der Waals surface area contributed by atoms with Gasteiger partial charge in [0.1, 0.15) is 0 Å². The van der Waals surface area contributed by atoms with Crippen LogP contribution in [0.15, 0.2) is 12.2 Å². The predicted molar refractivity (Wildman–Crippen MR) is 54.7 cm³/mol. The predicted octanol–water partition coefficient (Wildman–Crippen LogP) is 3.44. The first kappa shape index (κ1) is 9.26. The minimum absolute atomic E-state index is 0.165. The molecule has 1 heteroatoms. The lowest BCUT2D eigenvalue weighted by Gasteiger charge is -2.32. The lowest BCUT2D eigenvalue weighted by Crippen LogP contribution is -2.31. The summed E-state index contributed by atoms with van der Waals surface area (Å²) in [6.07, 6.45) is 14.1. The lowest BCUT2D eigenvalue weighted by molar-refractivity contribution is -0.0484. The molecular formula is C12H20O. The van der Waals surface area contributed by atoms with Gasteiger partial charge in [-0.2, -0.15) is 0 Å². The summed E-state index contributed by atoms with van der Waals surface area (Å²) < 4.78 is 6.12. The highest BCUT2D eigenvalue weighted by Crippen LogP contribution is 2.38. The molecule has 0 radical (unpaired) electrons. The van der Waals surface area contributed by atoms with E-state index in [1.807, 2.05) is 0 Å². The van der Waals surface area contributed by atoms with E-state index in [4.69, 9.17) is 4.74 Å². The molecule has 0 aromatic heterocycles. The molecule has 0 bridgehead atoms. The topological polar surface area (TPSA) is 9.23 Å². The second kappa shape index (κ2) is 3.83. The molecule has 1 aliphatic carbocycles. The van der Waals surface area contributed by atoms with Crippen LogP contribution in [0.5, 0.6) is 0 Å². The molecule has 13 heavy (non-hydrogen) atoms. The second-order valence-corrected chi connectivity index (χ2v) is 4.43. The van der Waals surface area contributed by atoms with Crippen molar-refractivity contribution in [1.29, 1.82) is 0 Å². The molecule has 0 aromatic rings. The Morgan fingerprint density at radius 3 is 2.77 bits per heavy atom. The Hall–Kier alpha value is -0.300. The summed E-state index contributed by atoms with van der Waals surface area (Å²) >= 11 is 0. The van der Waals surface area contributed by atoms with E-state index in [0.29, 0.717) is 6.10 Å². The van der Waals surface area contributed by atoms with Crippen LogP contribution in [-0.4, -0.2) is 11.7 Å². The fourth-order valence-electron chi connectivity index (χ4n) is 2.54. The maximum Gasteiger partial charge on any atom is 0.0871 e. The zero-order valence-electron chi connectivity index (χ0n) is 8.59. The number of ether oxygens (including phenoxy) is 1. The van der Waals surface area contributed by atoms with Gasteiger partial charge in [0.05, 0.1) is 11.7 Å². The molecule has 1 saturated carbocycles. The van der Waals surface area contributed by atoms with Crippen molar-refractivity contribution in [3.8, 4) is 0 Å². The van der Waals surface area contributed by atoms with Gasteiger partial charge in [0.25, 0.3) is 0 Å². The third-order valence-corrected chi connectivity index (χ3v) is 3.27. The lowest BCUT2D eigenvalue weighted by atomic mass is 9.85. The highest BCUT2D eigenvalue weighted by atomic mass is 16.5. The summed E-state index contributed by atoms with van der Waals surface area (Å²) in [5, 5.41) is 0. The summed E-state index contributed by atoms with van der Waals surface area (Å²) in [5.74, 6) is 0. The van der Waals surface area contributed by atoms with Crippen LogP contribution in [0.3, 0.4) is 0 Å². The smallest absolute Gasteiger partial charge is 0.0871 e.